The standard InChI is InChI=1S/C20H26F2N8O2/c1-11-8-31-6-5-29(11)19-26-17(14-7-24-18(23)25-15(14)16(21)22)27-20(28-19)30-12-3-2-4-13(30)10-32-9-12/h7,11-13,16H,2-6,8-10H2,1H3,(H2,23,24,25)/t11-,12?,13?/m0/s1. The zero-order chi connectivity index (χ0) is 22.2. The first-order chi connectivity index (χ1) is 15.5. The van der Waals surface area contributed by atoms with Crippen molar-refractivity contribution in [3.05, 3.63) is 11.9 Å². The molecule has 0 spiro atoms. The summed E-state index contributed by atoms with van der Waals surface area (Å²) in [6.07, 6.45) is 1.46. The quantitative estimate of drug-likeness (QED) is 0.743. The molecule has 0 amide bonds. The second-order valence-electron chi connectivity index (χ2n) is 8.39. The van der Waals surface area contributed by atoms with Crippen molar-refractivity contribution in [2.75, 3.05) is 48.5 Å². The first-order valence-corrected chi connectivity index (χ1v) is 10.9. The molecule has 0 radical (unpaired) electrons. The van der Waals surface area contributed by atoms with Gasteiger partial charge < -0.3 is 25.0 Å². The van der Waals surface area contributed by atoms with Gasteiger partial charge in [-0.3, -0.25) is 0 Å². The molecule has 5 rings (SSSR count). The first-order valence-electron chi connectivity index (χ1n) is 10.9. The monoisotopic (exact) mass is 448 g/mol. The van der Waals surface area contributed by atoms with Crippen LogP contribution in [0.5, 0.6) is 0 Å². The Morgan fingerprint density at radius 3 is 2.50 bits per heavy atom. The second kappa shape index (κ2) is 8.66. The molecule has 0 aromatic carbocycles. The summed E-state index contributed by atoms with van der Waals surface area (Å²) in [4.78, 5) is 25.9. The summed E-state index contributed by atoms with van der Waals surface area (Å²) in [5.74, 6) is 0.799. The Morgan fingerprint density at radius 2 is 1.78 bits per heavy atom. The average molecular weight is 448 g/mol. The highest BCUT2D eigenvalue weighted by Crippen LogP contribution is 2.34. The van der Waals surface area contributed by atoms with Crippen molar-refractivity contribution in [1.82, 2.24) is 24.9 Å². The number of anilines is 3. The van der Waals surface area contributed by atoms with Gasteiger partial charge in [0.05, 0.1) is 50.1 Å². The van der Waals surface area contributed by atoms with Crippen LogP contribution in [0.4, 0.5) is 26.6 Å². The van der Waals surface area contributed by atoms with Crippen LogP contribution in [0, 0.1) is 0 Å². The summed E-state index contributed by atoms with van der Waals surface area (Å²) in [5.41, 5.74) is 5.13. The number of fused-ring (bicyclic) bond motifs is 2. The Hall–Kier alpha value is -2.73. The van der Waals surface area contributed by atoms with Gasteiger partial charge in [-0.1, -0.05) is 0 Å². The molecule has 5 heterocycles. The molecule has 2 N–H and O–H groups in total. The number of hydrogen-bond acceptors (Lipinski definition) is 10. The lowest BCUT2D eigenvalue weighted by Crippen LogP contribution is -2.56. The molecule has 32 heavy (non-hydrogen) atoms. The third kappa shape index (κ3) is 3.92. The number of hydrogen-bond donors (Lipinski definition) is 1. The minimum Gasteiger partial charge on any atom is -0.377 e. The van der Waals surface area contributed by atoms with E-state index in [2.05, 4.69) is 24.8 Å². The van der Waals surface area contributed by atoms with Crippen LogP contribution < -0.4 is 15.5 Å². The van der Waals surface area contributed by atoms with Gasteiger partial charge in [-0.2, -0.15) is 15.0 Å². The van der Waals surface area contributed by atoms with E-state index in [4.69, 9.17) is 20.2 Å². The summed E-state index contributed by atoms with van der Waals surface area (Å²) in [5, 5.41) is 0. The molecule has 12 heteroatoms. The fourth-order valence-electron chi connectivity index (χ4n) is 4.65. The van der Waals surface area contributed by atoms with E-state index in [1.54, 1.807) is 0 Å². The van der Waals surface area contributed by atoms with E-state index in [0.29, 0.717) is 44.9 Å². The molecule has 3 aliphatic rings. The SMILES string of the molecule is C[C@H]1COCCN1c1nc(-c2cnc(N)nc2C(F)F)nc(N2C3CCCC2COC3)n1. The van der Waals surface area contributed by atoms with Crippen molar-refractivity contribution < 1.29 is 18.3 Å². The maximum Gasteiger partial charge on any atom is 0.281 e. The molecule has 3 saturated heterocycles. The van der Waals surface area contributed by atoms with Crippen molar-refractivity contribution in [3.63, 3.8) is 0 Å². The van der Waals surface area contributed by atoms with Crippen LogP contribution in [0.3, 0.4) is 0 Å². The molecule has 2 aromatic heterocycles. The lowest BCUT2D eigenvalue weighted by molar-refractivity contribution is 0.0452. The Balaban J connectivity index is 1.64. The number of nitrogen functional groups attached to an aromatic ring is 1. The zero-order valence-corrected chi connectivity index (χ0v) is 17.8. The molecular formula is C20H26F2N8O2. The summed E-state index contributed by atoms with van der Waals surface area (Å²) in [6, 6.07) is 0.322. The number of alkyl halides is 2. The Morgan fingerprint density at radius 1 is 1.03 bits per heavy atom. The van der Waals surface area contributed by atoms with Crippen LogP contribution in [0.15, 0.2) is 6.20 Å². The minimum atomic E-state index is -2.84. The van der Waals surface area contributed by atoms with Gasteiger partial charge in [0.2, 0.25) is 17.8 Å². The molecule has 3 fully saturated rings. The number of piperidine rings is 1. The van der Waals surface area contributed by atoms with Crippen LogP contribution in [-0.2, 0) is 9.47 Å². The molecule has 2 bridgehead atoms. The van der Waals surface area contributed by atoms with Gasteiger partial charge >= 0.3 is 0 Å². The lowest BCUT2D eigenvalue weighted by atomic mass is 9.95. The average Bonchev–Trinajstić information content (AvgIpc) is 2.78. The first kappa shape index (κ1) is 21.1. The Kier molecular flexibility index (Phi) is 5.72. The predicted octanol–water partition coefficient (Wildman–Crippen LogP) is 1.83. The van der Waals surface area contributed by atoms with Crippen LogP contribution in [0.25, 0.3) is 11.4 Å². The summed E-state index contributed by atoms with van der Waals surface area (Å²) in [6.45, 7) is 4.87. The molecule has 0 saturated carbocycles. The van der Waals surface area contributed by atoms with E-state index in [-0.39, 0.29) is 35.5 Å². The molecule has 10 nitrogen and oxygen atoms in total. The number of aromatic nitrogens is 5. The molecular weight excluding hydrogens is 422 g/mol. The lowest BCUT2D eigenvalue weighted by Gasteiger charge is -2.46. The maximum absolute atomic E-state index is 13.8. The van der Waals surface area contributed by atoms with E-state index in [0.717, 1.165) is 19.3 Å². The number of morpholine rings is 2. The number of halogens is 2. The fraction of sp³-hybridized carbons (Fsp3) is 0.650. The normalized spacial score (nSPS) is 25.9. The van der Waals surface area contributed by atoms with E-state index < -0.39 is 12.1 Å². The molecule has 3 atom stereocenters. The van der Waals surface area contributed by atoms with E-state index in [1.165, 1.54) is 6.20 Å². The van der Waals surface area contributed by atoms with Crippen molar-refractivity contribution in [3.8, 4) is 11.4 Å². The minimum absolute atomic E-state index is 0.0354. The smallest absolute Gasteiger partial charge is 0.281 e. The summed E-state index contributed by atoms with van der Waals surface area (Å²) < 4.78 is 38.9. The Bertz CT molecular complexity index is 959. The summed E-state index contributed by atoms with van der Waals surface area (Å²) >= 11 is 0. The number of nitrogens with two attached hydrogens (primary N) is 1. The third-order valence-corrected chi connectivity index (χ3v) is 6.23. The summed E-state index contributed by atoms with van der Waals surface area (Å²) in [7, 11) is 0. The Labute approximate surface area is 184 Å². The van der Waals surface area contributed by atoms with Gasteiger partial charge in [0.15, 0.2) is 5.82 Å². The van der Waals surface area contributed by atoms with Crippen LogP contribution in [0.2, 0.25) is 0 Å². The molecule has 2 unspecified atom stereocenters. The van der Waals surface area contributed by atoms with Gasteiger partial charge in [0.1, 0.15) is 5.69 Å². The van der Waals surface area contributed by atoms with E-state index in [1.807, 2.05) is 11.8 Å². The van der Waals surface area contributed by atoms with Crippen molar-refractivity contribution in [1.29, 1.82) is 0 Å². The van der Waals surface area contributed by atoms with E-state index in [9.17, 15) is 8.78 Å². The number of ether oxygens (including phenoxy) is 2. The number of nitrogens with zero attached hydrogens (tertiary/aromatic N) is 7. The van der Waals surface area contributed by atoms with Crippen molar-refractivity contribution in [2.45, 2.75) is 50.7 Å². The highest BCUT2D eigenvalue weighted by atomic mass is 19.3. The third-order valence-electron chi connectivity index (χ3n) is 6.23. The van der Waals surface area contributed by atoms with Gasteiger partial charge in [-0.15, -0.1) is 0 Å². The van der Waals surface area contributed by atoms with Gasteiger partial charge in [0.25, 0.3) is 6.43 Å². The van der Waals surface area contributed by atoms with Crippen LogP contribution in [-0.4, -0.2) is 76.0 Å². The van der Waals surface area contributed by atoms with Crippen molar-refractivity contribution in [2.24, 2.45) is 0 Å². The van der Waals surface area contributed by atoms with E-state index >= 15 is 0 Å². The van der Waals surface area contributed by atoms with Gasteiger partial charge in [0, 0.05) is 12.7 Å². The van der Waals surface area contributed by atoms with Gasteiger partial charge in [-0.25, -0.2) is 18.7 Å². The topological polar surface area (TPSA) is 115 Å². The van der Waals surface area contributed by atoms with Crippen molar-refractivity contribution >= 4 is 17.8 Å². The highest BCUT2D eigenvalue weighted by molar-refractivity contribution is 5.62. The second-order valence-corrected chi connectivity index (χ2v) is 8.39. The fourth-order valence-corrected chi connectivity index (χ4v) is 4.65. The van der Waals surface area contributed by atoms with Gasteiger partial charge in [-0.05, 0) is 26.2 Å². The van der Waals surface area contributed by atoms with Crippen LogP contribution in [0.1, 0.15) is 38.3 Å². The van der Waals surface area contributed by atoms with Crippen LogP contribution >= 0.6 is 0 Å². The largest absolute Gasteiger partial charge is 0.377 e. The predicted molar refractivity (Wildman–Crippen MR) is 113 cm³/mol. The molecule has 0 aliphatic carbocycles. The zero-order valence-electron chi connectivity index (χ0n) is 17.8. The maximum atomic E-state index is 13.8. The molecule has 172 valence electrons. The molecule has 3 aliphatic heterocycles. The number of rotatable bonds is 4. The highest BCUT2D eigenvalue weighted by Gasteiger charge is 2.37. The molecule has 2 aromatic rings.